The first-order chi connectivity index (χ1) is 10.1. The second kappa shape index (κ2) is 7.50. The molecule has 2 aliphatic heterocycles. The standard InChI is InChI=1S/C14H20N2O4S.ClH/c17-21(18,16-7-5-11-2-1-6-15-11)12-3-4-13-14(10-12)20-9-8-19-13;/h3-4,10-11,15-16H,1-2,5-9H2;1H/t11-;/m1./s1. The minimum Gasteiger partial charge on any atom is -0.486 e. The normalized spacial score (nSPS) is 20.5. The third-order valence-corrected chi connectivity index (χ3v) is 5.23. The molecule has 0 unspecified atom stereocenters. The van der Waals surface area contributed by atoms with Gasteiger partial charge in [0.2, 0.25) is 10.0 Å². The van der Waals surface area contributed by atoms with Crippen LogP contribution in [0.1, 0.15) is 19.3 Å². The highest BCUT2D eigenvalue weighted by Crippen LogP contribution is 2.32. The third-order valence-electron chi connectivity index (χ3n) is 3.77. The van der Waals surface area contributed by atoms with Crippen molar-refractivity contribution in [2.24, 2.45) is 0 Å². The number of sulfonamides is 1. The van der Waals surface area contributed by atoms with Crippen molar-refractivity contribution < 1.29 is 17.9 Å². The first-order valence-corrected chi connectivity index (χ1v) is 8.76. The molecule has 2 heterocycles. The van der Waals surface area contributed by atoms with Crippen molar-refractivity contribution in [1.29, 1.82) is 0 Å². The average molecular weight is 349 g/mol. The van der Waals surface area contributed by atoms with Crippen LogP contribution in [0.5, 0.6) is 11.5 Å². The molecule has 0 amide bonds. The van der Waals surface area contributed by atoms with Gasteiger partial charge in [-0.3, -0.25) is 0 Å². The second-order valence-electron chi connectivity index (χ2n) is 5.29. The van der Waals surface area contributed by atoms with Crippen LogP contribution >= 0.6 is 12.4 Å². The Bertz CT molecular complexity index is 603. The Balaban J connectivity index is 0.00000176. The van der Waals surface area contributed by atoms with Gasteiger partial charge in [-0.05, 0) is 37.9 Å². The predicted octanol–water partition coefficient (Wildman–Crippen LogP) is 1.30. The third kappa shape index (κ3) is 4.04. The molecule has 2 aliphatic rings. The van der Waals surface area contributed by atoms with E-state index in [9.17, 15) is 8.42 Å². The molecule has 0 radical (unpaired) electrons. The van der Waals surface area contributed by atoms with Crippen molar-refractivity contribution in [1.82, 2.24) is 10.0 Å². The fraction of sp³-hybridized carbons (Fsp3) is 0.571. The molecule has 1 aromatic carbocycles. The van der Waals surface area contributed by atoms with Gasteiger partial charge in [0, 0.05) is 18.7 Å². The summed E-state index contributed by atoms with van der Waals surface area (Å²) in [6.45, 7) is 2.40. The summed E-state index contributed by atoms with van der Waals surface area (Å²) < 4.78 is 38.0. The Morgan fingerprint density at radius 2 is 2.00 bits per heavy atom. The Labute approximate surface area is 137 Å². The van der Waals surface area contributed by atoms with E-state index in [0.717, 1.165) is 19.4 Å². The van der Waals surface area contributed by atoms with Crippen molar-refractivity contribution in [3.05, 3.63) is 18.2 Å². The van der Waals surface area contributed by atoms with Gasteiger partial charge in [0.05, 0.1) is 4.90 Å². The van der Waals surface area contributed by atoms with Gasteiger partial charge in [-0.1, -0.05) is 0 Å². The highest BCUT2D eigenvalue weighted by Gasteiger charge is 2.20. The van der Waals surface area contributed by atoms with Gasteiger partial charge in [-0.2, -0.15) is 0 Å². The van der Waals surface area contributed by atoms with Gasteiger partial charge in [0.1, 0.15) is 13.2 Å². The van der Waals surface area contributed by atoms with Crippen molar-refractivity contribution >= 4 is 22.4 Å². The highest BCUT2D eigenvalue weighted by molar-refractivity contribution is 7.89. The van der Waals surface area contributed by atoms with E-state index < -0.39 is 10.0 Å². The number of nitrogens with one attached hydrogen (secondary N) is 2. The molecule has 1 aromatic rings. The van der Waals surface area contributed by atoms with Crippen LogP contribution in [0.25, 0.3) is 0 Å². The van der Waals surface area contributed by atoms with Crippen LogP contribution in [0, 0.1) is 0 Å². The van der Waals surface area contributed by atoms with E-state index in [1.54, 1.807) is 12.1 Å². The maximum absolute atomic E-state index is 12.3. The number of fused-ring (bicyclic) bond motifs is 1. The van der Waals surface area contributed by atoms with Gasteiger partial charge >= 0.3 is 0 Å². The van der Waals surface area contributed by atoms with Crippen molar-refractivity contribution in [3.8, 4) is 11.5 Å². The number of hydrogen-bond acceptors (Lipinski definition) is 5. The largest absolute Gasteiger partial charge is 0.486 e. The summed E-state index contributed by atoms with van der Waals surface area (Å²) >= 11 is 0. The summed E-state index contributed by atoms with van der Waals surface area (Å²) in [7, 11) is -3.50. The molecule has 0 bridgehead atoms. The lowest BCUT2D eigenvalue weighted by Crippen LogP contribution is -2.30. The first-order valence-electron chi connectivity index (χ1n) is 7.28. The van der Waals surface area contributed by atoms with E-state index in [2.05, 4.69) is 10.0 Å². The molecule has 3 rings (SSSR count). The monoisotopic (exact) mass is 348 g/mol. The summed E-state index contributed by atoms with van der Waals surface area (Å²) in [5.74, 6) is 1.08. The molecule has 2 N–H and O–H groups in total. The number of halogens is 1. The van der Waals surface area contributed by atoms with Gasteiger partial charge in [-0.15, -0.1) is 12.4 Å². The van der Waals surface area contributed by atoms with Crippen LogP contribution in [-0.4, -0.2) is 40.8 Å². The number of ether oxygens (including phenoxy) is 2. The Morgan fingerprint density at radius 1 is 1.23 bits per heavy atom. The van der Waals surface area contributed by atoms with Crippen LogP contribution < -0.4 is 19.5 Å². The van der Waals surface area contributed by atoms with Crippen molar-refractivity contribution in [3.63, 3.8) is 0 Å². The van der Waals surface area contributed by atoms with Crippen LogP contribution in [-0.2, 0) is 10.0 Å². The molecule has 0 aliphatic carbocycles. The Hall–Kier alpha value is -1.02. The molecule has 1 saturated heterocycles. The van der Waals surface area contributed by atoms with Gasteiger partial charge < -0.3 is 14.8 Å². The lowest BCUT2D eigenvalue weighted by molar-refractivity contribution is 0.171. The second-order valence-corrected chi connectivity index (χ2v) is 7.05. The molecular formula is C14H21ClN2O4S. The molecule has 1 fully saturated rings. The summed E-state index contributed by atoms with van der Waals surface area (Å²) in [6, 6.07) is 5.13. The fourth-order valence-electron chi connectivity index (χ4n) is 2.64. The lowest BCUT2D eigenvalue weighted by atomic mass is 10.2. The quantitative estimate of drug-likeness (QED) is 0.838. The molecule has 0 aromatic heterocycles. The molecular weight excluding hydrogens is 328 g/mol. The average Bonchev–Trinajstić information content (AvgIpc) is 3.00. The van der Waals surface area contributed by atoms with E-state index in [-0.39, 0.29) is 17.3 Å². The predicted molar refractivity (Wildman–Crippen MR) is 85.5 cm³/mol. The van der Waals surface area contributed by atoms with Gasteiger partial charge in [0.15, 0.2) is 11.5 Å². The minimum absolute atomic E-state index is 0. The smallest absolute Gasteiger partial charge is 0.240 e. The van der Waals surface area contributed by atoms with Crippen LogP contribution in [0.3, 0.4) is 0 Å². The number of rotatable bonds is 5. The van der Waals surface area contributed by atoms with E-state index in [1.165, 1.54) is 12.5 Å². The summed E-state index contributed by atoms with van der Waals surface area (Å²) in [5, 5.41) is 3.35. The minimum atomic E-state index is -3.50. The first kappa shape index (κ1) is 17.3. The molecule has 6 nitrogen and oxygen atoms in total. The van der Waals surface area contributed by atoms with E-state index in [1.807, 2.05) is 0 Å². The summed E-state index contributed by atoms with van der Waals surface area (Å²) in [4.78, 5) is 0.214. The zero-order valence-corrected chi connectivity index (χ0v) is 13.8. The Kier molecular flexibility index (Phi) is 5.91. The summed E-state index contributed by atoms with van der Waals surface area (Å²) in [6.07, 6.45) is 3.09. The lowest BCUT2D eigenvalue weighted by Gasteiger charge is -2.19. The highest BCUT2D eigenvalue weighted by atomic mass is 35.5. The van der Waals surface area contributed by atoms with Crippen molar-refractivity contribution in [2.75, 3.05) is 26.3 Å². The Morgan fingerprint density at radius 3 is 2.73 bits per heavy atom. The van der Waals surface area contributed by atoms with Crippen molar-refractivity contribution in [2.45, 2.75) is 30.2 Å². The topological polar surface area (TPSA) is 76.7 Å². The van der Waals surface area contributed by atoms with Gasteiger partial charge in [0.25, 0.3) is 0 Å². The molecule has 0 spiro atoms. The van der Waals surface area contributed by atoms with E-state index in [0.29, 0.717) is 37.3 Å². The molecule has 124 valence electrons. The zero-order chi connectivity index (χ0) is 14.7. The maximum Gasteiger partial charge on any atom is 0.240 e. The van der Waals surface area contributed by atoms with E-state index >= 15 is 0 Å². The SMILES string of the molecule is Cl.O=S(=O)(NCC[C@H]1CCCN1)c1ccc2c(c1)OCCO2. The molecule has 0 saturated carbocycles. The van der Waals surface area contributed by atoms with Crippen LogP contribution in [0.2, 0.25) is 0 Å². The zero-order valence-electron chi connectivity index (χ0n) is 12.2. The van der Waals surface area contributed by atoms with E-state index in [4.69, 9.17) is 9.47 Å². The number of hydrogen-bond donors (Lipinski definition) is 2. The number of benzene rings is 1. The molecule has 1 atom stereocenters. The van der Waals surface area contributed by atoms with Crippen LogP contribution in [0.4, 0.5) is 0 Å². The van der Waals surface area contributed by atoms with Crippen LogP contribution in [0.15, 0.2) is 23.1 Å². The fourth-order valence-corrected chi connectivity index (χ4v) is 3.71. The molecule has 22 heavy (non-hydrogen) atoms. The summed E-state index contributed by atoms with van der Waals surface area (Å²) in [5.41, 5.74) is 0. The molecule has 8 heteroatoms. The van der Waals surface area contributed by atoms with Gasteiger partial charge in [-0.25, -0.2) is 13.1 Å². The maximum atomic E-state index is 12.3.